The quantitative estimate of drug-likeness (QED) is 0.287. The molecule has 0 saturated heterocycles. The van der Waals surface area contributed by atoms with Crippen LogP contribution in [0.25, 0.3) is 0 Å². The van der Waals surface area contributed by atoms with Crippen LogP contribution in [0.1, 0.15) is 50.7 Å². The van der Waals surface area contributed by atoms with Gasteiger partial charge in [0, 0.05) is 5.69 Å². The van der Waals surface area contributed by atoms with Gasteiger partial charge in [-0.3, -0.25) is 0 Å². The number of nitrogens with two attached hydrogens (primary N) is 1. The third kappa shape index (κ3) is 6.98. The van der Waals surface area contributed by atoms with Crippen molar-refractivity contribution in [2.45, 2.75) is 61.8 Å². The van der Waals surface area contributed by atoms with E-state index in [-0.39, 0.29) is 16.8 Å². The first-order valence-electron chi connectivity index (χ1n) is 9.39. The summed E-state index contributed by atoms with van der Waals surface area (Å²) >= 11 is -4.46. The van der Waals surface area contributed by atoms with Gasteiger partial charge >= 0.3 is 43.4 Å². The maximum absolute atomic E-state index is 14.3. The van der Waals surface area contributed by atoms with Crippen molar-refractivity contribution < 1.29 is 69.8 Å². The van der Waals surface area contributed by atoms with E-state index in [4.69, 9.17) is 10.8 Å². The number of halogens is 9. The van der Waals surface area contributed by atoms with Gasteiger partial charge in [-0.1, -0.05) is 31.5 Å². The van der Waals surface area contributed by atoms with Crippen molar-refractivity contribution in [1.82, 2.24) is 0 Å². The van der Waals surface area contributed by atoms with E-state index < -0.39 is 71.0 Å². The summed E-state index contributed by atoms with van der Waals surface area (Å²) in [6.45, 7) is 6.35. The Morgan fingerprint density at radius 1 is 0.919 bits per heavy atom. The van der Waals surface area contributed by atoms with Crippen molar-refractivity contribution in [1.29, 1.82) is 0 Å². The molecule has 0 aromatic heterocycles. The summed E-state index contributed by atoms with van der Waals surface area (Å²) in [6.07, 6.45) is -6.72. The van der Waals surface area contributed by atoms with Crippen LogP contribution in [-0.4, -0.2) is 44.3 Å². The van der Waals surface area contributed by atoms with E-state index in [2.05, 4.69) is 8.37 Å². The van der Waals surface area contributed by atoms with Crippen LogP contribution in [0.5, 0.6) is 5.75 Å². The zero-order valence-electron chi connectivity index (χ0n) is 18.9. The Morgan fingerprint density at radius 3 is 1.65 bits per heavy atom. The third-order valence-electron chi connectivity index (χ3n) is 4.20. The normalized spacial score (nSPS) is 16.5. The molecular formula is C16H19F9N2O7S3. The molecule has 2 unspecified atom stereocenters. The van der Waals surface area contributed by atoms with Crippen molar-refractivity contribution in [3.8, 4) is 5.75 Å². The lowest BCUT2D eigenvalue weighted by Gasteiger charge is -2.26. The number of aliphatic hydroxyl groups is 1. The molecule has 37 heavy (non-hydrogen) atoms. The highest BCUT2D eigenvalue weighted by Gasteiger charge is 2.69. The smallest absolute Gasteiger partial charge is 0.398 e. The molecule has 216 valence electrons. The molecule has 0 spiro atoms. The number of sulfonamides is 1. The van der Waals surface area contributed by atoms with Gasteiger partial charge in [0.15, 0.2) is 0 Å². The lowest BCUT2D eigenvalue weighted by Crippen LogP contribution is -2.50. The highest BCUT2D eigenvalue weighted by molar-refractivity contribution is 8.02. The maximum Gasteiger partial charge on any atom is 0.519 e. The first-order chi connectivity index (χ1) is 16.2. The Morgan fingerprint density at radius 2 is 1.32 bits per heavy atom. The molecule has 0 amide bonds. The van der Waals surface area contributed by atoms with E-state index >= 15 is 0 Å². The molecule has 0 radical (unpaired) electrons. The fraction of sp³-hybridized carbons (Fsp3) is 0.625. The summed E-state index contributed by atoms with van der Waals surface area (Å²) in [4.78, 5) is 0. The monoisotopic (exact) mass is 618 g/mol. The molecule has 0 aliphatic rings. The Bertz CT molecular complexity index is 1240. The van der Waals surface area contributed by atoms with E-state index in [1.165, 1.54) is 0 Å². The van der Waals surface area contributed by atoms with Gasteiger partial charge in [0.1, 0.15) is 5.75 Å². The Hall–Kier alpha value is -1.84. The Balaban J connectivity index is 3.68. The van der Waals surface area contributed by atoms with E-state index in [0.717, 1.165) is 15.9 Å². The summed E-state index contributed by atoms with van der Waals surface area (Å²) < 4.78 is 174. The van der Waals surface area contributed by atoms with E-state index in [1.54, 1.807) is 27.7 Å². The second kappa shape index (κ2) is 10.4. The lowest BCUT2D eigenvalue weighted by atomic mass is 9.92. The molecule has 9 nitrogen and oxygen atoms in total. The van der Waals surface area contributed by atoms with Gasteiger partial charge in [-0.2, -0.15) is 52.1 Å². The molecular weight excluding hydrogens is 599 g/mol. The number of hydrogen-bond donors (Lipinski definition) is 2. The van der Waals surface area contributed by atoms with Crippen LogP contribution < -0.4 is 9.92 Å². The van der Waals surface area contributed by atoms with Crippen LogP contribution in [0.2, 0.25) is 0 Å². The van der Waals surface area contributed by atoms with Crippen molar-refractivity contribution >= 4 is 36.8 Å². The second-order valence-electron chi connectivity index (χ2n) is 7.72. The van der Waals surface area contributed by atoms with Gasteiger partial charge in [0.25, 0.3) is 10.0 Å². The van der Waals surface area contributed by atoms with Crippen LogP contribution in [0.3, 0.4) is 0 Å². The summed E-state index contributed by atoms with van der Waals surface area (Å²) in [7, 11) is -15.2. The van der Waals surface area contributed by atoms with Crippen LogP contribution in [0, 0.1) is 0 Å². The first kappa shape index (κ1) is 33.2. The molecule has 1 aromatic carbocycles. The summed E-state index contributed by atoms with van der Waals surface area (Å²) in [6, 6.07) is 1.90. The van der Waals surface area contributed by atoms with Crippen LogP contribution >= 0.6 is 0 Å². The average molecular weight is 619 g/mol. The summed E-state index contributed by atoms with van der Waals surface area (Å²) in [5, 5.41) is 1.19. The number of benzene rings is 1. The van der Waals surface area contributed by atoms with Gasteiger partial charge in [0.2, 0.25) is 0 Å². The van der Waals surface area contributed by atoms with Gasteiger partial charge in [-0.25, -0.2) is 8.42 Å². The summed E-state index contributed by atoms with van der Waals surface area (Å²) in [5.74, 6) is -1.52. The van der Waals surface area contributed by atoms with Crippen molar-refractivity contribution in [3.05, 3.63) is 23.3 Å². The largest absolute Gasteiger partial charge is 0.519 e. The van der Waals surface area contributed by atoms with E-state index in [9.17, 15) is 56.3 Å². The molecule has 21 heteroatoms. The van der Waals surface area contributed by atoms with Gasteiger partial charge < -0.3 is 15.0 Å². The Labute approximate surface area is 207 Å². The fourth-order valence-electron chi connectivity index (χ4n) is 2.41. The Kier molecular flexibility index (Phi) is 9.31. The molecule has 0 saturated carbocycles. The lowest BCUT2D eigenvalue weighted by molar-refractivity contribution is -0.293. The van der Waals surface area contributed by atoms with Gasteiger partial charge in [-0.05, 0) is 35.1 Å². The molecule has 0 heterocycles. The number of anilines is 1. The summed E-state index contributed by atoms with van der Waals surface area (Å²) in [5.41, 5.74) is -6.09. The van der Waals surface area contributed by atoms with Crippen LogP contribution in [0.15, 0.2) is 15.9 Å². The predicted molar refractivity (Wildman–Crippen MR) is 111 cm³/mol. The van der Waals surface area contributed by atoms with Crippen molar-refractivity contribution in [2.75, 3.05) is 5.73 Å². The molecule has 1 rings (SSSR count). The number of hydrogen-bond acceptors (Lipinski definition) is 8. The standard InChI is InChI=1S/C16H19F9N2O7S3/c1-7(2)10-5-9(6-11(8(3)4)12(10)26)33-35(29)16(24,25)34-37(32,14(19,20)13(17,18)28)27-36(30,31)15(21,22)23/h5-8,28H,26H2,1-4H3. The van der Waals surface area contributed by atoms with Crippen molar-refractivity contribution in [3.63, 3.8) is 0 Å². The van der Waals surface area contributed by atoms with Gasteiger partial charge in [-0.15, -0.1) is 0 Å². The number of alkyl halides is 9. The predicted octanol–water partition coefficient (Wildman–Crippen LogP) is 4.54. The third-order valence-corrected chi connectivity index (χ3v) is 8.60. The maximum atomic E-state index is 14.3. The second-order valence-corrected chi connectivity index (χ2v) is 12.5. The molecule has 0 bridgehead atoms. The highest BCUT2D eigenvalue weighted by atomic mass is 32.3. The number of nitrogen functional groups attached to an aromatic ring is 1. The van der Waals surface area contributed by atoms with Crippen LogP contribution in [0.4, 0.5) is 45.2 Å². The first-order valence-corrected chi connectivity index (χ1v) is 13.3. The molecule has 3 N–H and O–H groups in total. The highest BCUT2D eigenvalue weighted by Crippen LogP contribution is 2.44. The minimum Gasteiger partial charge on any atom is -0.398 e. The average Bonchev–Trinajstić information content (AvgIpc) is 2.65. The zero-order valence-corrected chi connectivity index (χ0v) is 21.3. The van der Waals surface area contributed by atoms with Crippen molar-refractivity contribution in [2.24, 2.45) is 3.77 Å². The molecule has 1 aromatic rings. The number of rotatable bonds is 10. The molecule has 0 aliphatic heterocycles. The SMILES string of the molecule is CC(C)c1cc(OS(=O)C(F)(F)OS(=O)(=NS(=O)(=O)C(F)(F)F)C(F)(F)C(O)(F)F)cc(C(C)C)c1N. The molecule has 0 fully saturated rings. The number of nitrogens with zero attached hydrogens (tertiary/aromatic N) is 1. The van der Waals surface area contributed by atoms with Gasteiger partial charge in [0.05, 0.1) is 0 Å². The topological polar surface area (TPSA) is 145 Å². The van der Waals surface area contributed by atoms with E-state index in [1.807, 2.05) is 0 Å². The fourth-order valence-corrected chi connectivity index (χ4v) is 5.82. The minimum atomic E-state index is -7.77. The van der Waals surface area contributed by atoms with Crippen LogP contribution in [-0.2, 0) is 35.3 Å². The molecule has 0 aliphatic carbocycles. The van der Waals surface area contributed by atoms with E-state index in [0.29, 0.717) is 0 Å². The zero-order chi connectivity index (χ0) is 29.6. The molecule has 2 atom stereocenters. The minimum absolute atomic E-state index is 0.162.